The summed E-state index contributed by atoms with van der Waals surface area (Å²) in [5.74, 6) is 0.716. The van der Waals surface area contributed by atoms with Gasteiger partial charge in [0, 0.05) is 13.1 Å². The van der Waals surface area contributed by atoms with Crippen LogP contribution in [0.2, 0.25) is 0 Å². The Morgan fingerprint density at radius 1 is 1.36 bits per heavy atom. The lowest BCUT2D eigenvalue weighted by Gasteiger charge is -2.42. The molecule has 1 saturated heterocycles. The highest BCUT2D eigenvalue weighted by Crippen LogP contribution is 2.23. The molecule has 0 radical (unpaired) electrons. The van der Waals surface area contributed by atoms with Crippen molar-refractivity contribution < 1.29 is 14.3 Å². The number of carbonyl (C=O) groups excluding carboxylic acids is 1. The second-order valence-electron chi connectivity index (χ2n) is 6.74. The van der Waals surface area contributed by atoms with Crippen molar-refractivity contribution in [2.45, 2.75) is 39.0 Å². The summed E-state index contributed by atoms with van der Waals surface area (Å²) in [6.45, 7) is 7.89. The van der Waals surface area contributed by atoms with Crippen molar-refractivity contribution in [2.75, 3.05) is 19.7 Å². The van der Waals surface area contributed by atoms with Gasteiger partial charge < -0.3 is 14.4 Å². The number of carbonyl (C=O) groups is 1. The van der Waals surface area contributed by atoms with Crippen molar-refractivity contribution in [3.8, 4) is 5.75 Å². The fourth-order valence-electron chi connectivity index (χ4n) is 3.06. The predicted octanol–water partition coefficient (Wildman–Crippen LogP) is 2.00. The van der Waals surface area contributed by atoms with Crippen LogP contribution in [-0.4, -0.2) is 57.2 Å². The molecule has 25 heavy (non-hydrogen) atoms. The van der Waals surface area contributed by atoms with E-state index < -0.39 is 5.60 Å². The largest absolute Gasteiger partial charge is 0.491 e. The first-order chi connectivity index (χ1) is 12.0. The second-order valence-corrected chi connectivity index (χ2v) is 6.74. The van der Waals surface area contributed by atoms with Gasteiger partial charge in [0.2, 0.25) is 0 Å². The summed E-state index contributed by atoms with van der Waals surface area (Å²) < 4.78 is 13.5. The number of para-hydroxylation sites is 1. The highest BCUT2D eigenvalue weighted by Gasteiger charge is 2.37. The number of amides is 1. The first-order valence-electron chi connectivity index (χ1n) is 8.52. The molecule has 1 aliphatic rings. The Morgan fingerprint density at radius 2 is 2.12 bits per heavy atom. The molecule has 2 heterocycles. The zero-order chi connectivity index (χ0) is 17.9. The maximum atomic E-state index is 12.9. The van der Waals surface area contributed by atoms with E-state index in [0.29, 0.717) is 31.9 Å². The summed E-state index contributed by atoms with van der Waals surface area (Å²) >= 11 is 0. The van der Waals surface area contributed by atoms with E-state index in [1.54, 1.807) is 9.58 Å². The fraction of sp³-hybridized carbons (Fsp3) is 0.500. The SMILES string of the molecule is CCn1nncc1C(=O)N1CC(COc2ccccc2)OC(C)(C)C1. The van der Waals surface area contributed by atoms with E-state index in [2.05, 4.69) is 10.3 Å². The van der Waals surface area contributed by atoms with Gasteiger partial charge in [0.15, 0.2) is 0 Å². The van der Waals surface area contributed by atoms with Crippen molar-refractivity contribution in [1.82, 2.24) is 19.9 Å². The summed E-state index contributed by atoms with van der Waals surface area (Å²) in [5.41, 5.74) is 0.0614. The van der Waals surface area contributed by atoms with Gasteiger partial charge in [-0.3, -0.25) is 4.79 Å². The third-order valence-corrected chi connectivity index (χ3v) is 4.08. The summed E-state index contributed by atoms with van der Waals surface area (Å²) in [4.78, 5) is 14.7. The van der Waals surface area contributed by atoms with Gasteiger partial charge >= 0.3 is 0 Å². The minimum Gasteiger partial charge on any atom is -0.491 e. The monoisotopic (exact) mass is 344 g/mol. The van der Waals surface area contributed by atoms with Gasteiger partial charge in [0.25, 0.3) is 5.91 Å². The van der Waals surface area contributed by atoms with Gasteiger partial charge in [0.1, 0.15) is 24.2 Å². The summed E-state index contributed by atoms with van der Waals surface area (Å²) in [6.07, 6.45) is 1.32. The molecule has 7 nitrogen and oxygen atoms in total. The number of nitrogens with zero attached hydrogens (tertiary/aromatic N) is 4. The zero-order valence-electron chi connectivity index (χ0n) is 14.9. The average Bonchev–Trinajstić information content (AvgIpc) is 3.07. The number of rotatable bonds is 5. The molecule has 0 spiro atoms. The molecule has 7 heteroatoms. The summed E-state index contributed by atoms with van der Waals surface area (Å²) in [5, 5.41) is 7.79. The van der Waals surface area contributed by atoms with Crippen molar-refractivity contribution in [1.29, 1.82) is 0 Å². The zero-order valence-corrected chi connectivity index (χ0v) is 14.9. The van der Waals surface area contributed by atoms with Crippen LogP contribution in [0.1, 0.15) is 31.3 Å². The lowest BCUT2D eigenvalue weighted by atomic mass is 10.0. The van der Waals surface area contributed by atoms with Crippen LogP contribution >= 0.6 is 0 Å². The lowest BCUT2D eigenvalue weighted by molar-refractivity contribution is -0.136. The molecule has 1 aromatic carbocycles. The Bertz CT molecular complexity index is 714. The molecule has 0 aliphatic carbocycles. The second kappa shape index (κ2) is 7.23. The Labute approximate surface area is 147 Å². The molecule has 1 fully saturated rings. The van der Waals surface area contributed by atoms with E-state index in [4.69, 9.17) is 9.47 Å². The maximum Gasteiger partial charge on any atom is 0.273 e. The van der Waals surface area contributed by atoms with E-state index >= 15 is 0 Å². The quantitative estimate of drug-likeness (QED) is 0.830. The van der Waals surface area contributed by atoms with Gasteiger partial charge in [-0.15, -0.1) is 5.10 Å². The Hall–Kier alpha value is -2.41. The first kappa shape index (κ1) is 17.4. The number of ether oxygens (including phenoxy) is 2. The van der Waals surface area contributed by atoms with Gasteiger partial charge in [-0.2, -0.15) is 0 Å². The van der Waals surface area contributed by atoms with Crippen LogP contribution in [0.3, 0.4) is 0 Å². The van der Waals surface area contributed by atoms with E-state index in [1.165, 1.54) is 6.20 Å². The molecular formula is C18H24N4O3. The third kappa shape index (κ3) is 4.17. The molecule has 2 aromatic rings. The molecule has 1 aromatic heterocycles. The number of hydrogen-bond acceptors (Lipinski definition) is 5. The number of aryl methyl sites for hydroxylation is 1. The molecule has 1 unspecified atom stereocenters. The predicted molar refractivity (Wildman–Crippen MR) is 92.5 cm³/mol. The molecule has 1 atom stereocenters. The van der Waals surface area contributed by atoms with Crippen LogP contribution in [0.5, 0.6) is 5.75 Å². The Morgan fingerprint density at radius 3 is 2.84 bits per heavy atom. The summed E-state index contributed by atoms with van der Waals surface area (Å²) in [7, 11) is 0. The molecule has 0 N–H and O–H groups in total. The van der Waals surface area contributed by atoms with Crippen LogP contribution in [0.4, 0.5) is 0 Å². The normalized spacial score (nSPS) is 19.6. The minimum atomic E-state index is -0.441. The molecule has 3 rings (SSSR count). The first-order valence-corrected chi connectivity index (χ1v) is 8.52. The standard InChI is InChI=1S/C18H24N4O3/c1-4-22-16(10-19-20-22)17(23)21-11-15(25-18(2,3)13-21)12-24-14-8-6-5-7-9-14/h5-10,15H,4,11-13H2,1-3H3. The van der Waals surface area contributed by atoms with Gasteiger partial charge in [0.05, 0.1) is 18.3 Å². The highest BCUT2D eigenvalue weighted by molar-refractivity contribution is 5.92. The molecule has 1 amide bonds. The van der Waals surface area contributed by atoms with Crippen molar-refractivity contribution in [3.05, 3.63) is 42.2 Å². The van der Waals surface area contributed by atoms with Crippen LogP contribution < -0.4 is 4.74 Å². The van der Waals surface area contributed by atoms with Crippen LogP contribution in [0.15, 0.2) is 36.5 Å². The average molecular weight is 344 g/mol. The summed E-state index contributed by atoms with van der Waals surface area (Å²) in [6, 6.07) is 9.61. The van der Waals surface area contributed by atoms with E-state index in [-0.39, 0.29) is 12.0 Å². The number of morpholine rings is 1. The number of benzene rings is 1. The van der Waals surface area contributed by atoms with Crippen LogP contribution in [0, 0.1) is 0 Å². The molecule has 1 aliphatic heterocycles. The van der Waals surface area contributed by atoms with Crippen LogP contribution in [0.25, 0.3) is 0 Å². The molecular weight excluding hydrogens is 320 g/mol. The van der Waals surface area contributed by atoms with E-state index in [1.807, 2.05) is 51.1 Å². The topological polar surface area (TPSA) is 69.5 Å². The number of aromatic nitrogens is 3. The number of hydrogen-bond donors (Lipinski definition) is 0. The minimum absolute atomic E-state index is 0.0760. The van der Waals surface area contributed by atoms with Crippen molar-refractivity contribution >= 4 is 5.91 Å². The Kier molecular flexibility index (Phi) is 5.03. The molecule has 0 bridgehead atoms. The molecule has 0 saturated carbocycles. The van der Waals surface area contributed by atoms with Crippen molar-refractivity contribution in [2.24, 2.45) is 0 Å². The van der Waals surface area contributed by atoms with Crippen molar-refractivity contribution in [3.63, 3.8) is 0 Å². The van der Waals surface area contributed by atoms with E-state index in [9.17, 15) is 4.79 Å². The van der Waals surface area contributed by atoms with Crippen LogP contribution in [-0.2, 0) is 11.3 Å². The maximum absolute atomic E-state index is 12.9. The third-order valence-electron chi connectivity index (χ3n) is 4.08. The fourth-order valence-corrected chi connectivity index (χ4v) is 3.06. The smallest absolute Gasteiger partial charge is 0.273 e. The van der Waals surface area contributed by atoms with Gasteiger partial charge in [-0.25, -0.2) is 4.68 Å². The highest BCUT2D eigenvalue weighted by atomic mass is 16.5. The van der Waals surface area contributed by atoms with E-state index in [0.717, 1.165) is 5.75 Å². The van der Waals surface area contributed by atoms with Gasteiger partial charge in [-0.05, 0) is 32.9 Å². The molecule has 134 valence electrons. The Balaban J connectivity index is 1.69. The lowest BCUT2D eigenvalue weighted by Crippen LogP contribution is -2.56. The van der Waals surface area contributed by atoms with Gasteiger partial charge in [-0.1, -0.05) is 23.4 Å².